The summed E-state index contributed by atoms with van der Waals surface area (Å²) in [6.45, 7) is 3.89. The number of rotatable bonds is 2. The van der Waals surface area contributed by atoms with Crippen LogP contribution in [0, 0.1) is 5.82 Å². The molecule has 0 bridgehead atoms. The maximum atomic E-state index is 13.0. The van der Waals surface area contributed by atoms with Gasteiger partial charge >= 0.3 is 0 Å². The van der Waals surface area contributed by atoms with Crippen molar-refractivity contribution in [2.24, 2.45) is 0 Å². The second-order valence-electron chi connectivity index (χ2n) is 4.30. The molecule has 86 valence electrons. The van der Waals surface area contributed by atoms with Crippen LogP contribution >= 0.6 is 0 Å². The average Bonchev–Trinajstić information content (AvgIpc) is 2.60. The van der Waals surface area contributed by atoms with Gasteiger partial charge in [-0.05, 0) is 31.5 Å². The van der Waals surface area contributed by atoms with Crippen LogP contribution in [0.4, 0.5) is 4.39 Å². The minimum Gasteiger partial charge on any atom is -0.275 e. The van der Waals surface area contributed by atoms with E-state index in [0.29, 0.717) is 6.42 Å². The number of benzene rings is 1. The fourth-order valence-electron chi connectivity index (χ4n) is 1.91. The summed E-state index contributed by atoms with van der Waals surface area (Å²) in [6.07, 6.45) is 0.391. The molecule has 1 aromatic carbocycles. The van der Waals surface area contributed by atoms with Crippen LogP contribution in [0.3, 0.4) is 0 Å². The highest BCUT2D eigenvalue weighted by molar-refractivity contribution is 5.78. The average molecular weight is 222 g/mol. The third-order valence-electron chi connectivity index (χ3n) is 2.71. The lowest BCUT2D eigenvalue weighted by atomic mass is 10.1. The second kappa shape index (κ2) is 4.22. The van der Waals surface area contributed by atoms with Crippen LogP contribution < -0.4 is 5.43 Å². The van der Waals surface area contributed by atoms with Crippen molar-refractivity contribution in [2.45, 2.75) is 32.4 Å². The van der Waals surface area contributed by atoms with Crippen molar-refractivity contribution in [1.82, 2.24) is 10.4 Å². The summed E-state index contributed by atoms with van der Waals surface area (Å²) in [4.78, 5) is 11.7. The molecule has 0 aromatic heterocycles. The second-order valence-corrected chi connectivity index (χ2v) is 4.30. The van der Waals surface area contributed by atoms with E-state index in [-0.39, 0.29) is 23.8 Å². The highest BCUT2D eigenvalue weighted by Gasteiger charge is 2.31. The molecule has 1 N–H and O–H groups in total. The van der Waals surface area contributed by atoms with Crippen molar-refractivity contribution >= 4 is 5.91 Å². The molecule has 1 fully saturated rings. The van der Waals surface area contributed by atoms with Gasteiger partial charge < -0.3 is 0 Å². The Morgan fingerprint density at radius 3 is 2.81 bits per heavy atom. The van der Waals surface area contributed by atoms with Crippen LogP contribution in [-0.4, -0.2) is 17.0 Å². The van der Waals surface area contributed by atoms with Gasteiger partial charge in [-0.3, -0.25) is 9.80 Å². The Hall–Kier alpha value is -1.42. The third kappa shape index (κ3) is 2.07. The lowest BCUT2D eigenvalue weighted by molar-refractivity contribution is -0.131. The van der Waals surface area contributed by atoms with Crippen molar-refractivity contribution in [3.05, 3.63) is 35.6 Å². The number of nitrogens with one attached hydrogen (secondary N) is 1. The molecular formula is C12H15FN2O. The van der Waals surface area contributed by atoms with Crippen LogP contribution in [0.5, 0.6) is 0 Å². The quantitative estimate of drug-likeness (QED) is 0.830. The Morgan fingerprint density at radius 2 is 2.25 bits per heavy atom. The lowest BCUT2D eigenvalue weighted by Crippen LogP contribution is -2.40. The summed E-state index contributed by atoms with van der Waals surface area (Å²) in [7, 11) is 0. The van der Waals surface area contributed by atoms with E-state index >= 15 is 0 Å². The summed E-state index contributed by atoms with van der Waals surface area (Å²) in [6, 6.07) is 6.37. The molecule has 3 nitrogen and oxygen atoms in total. The van der Waals surface area contributed by atoms with Gasteiger partial charge in [-0.1, -0.05) is 12.1 Å². The van der Waals surface area contributed by atoms with Crippen LogP contribution in [0.15, 0.2) is 24.3 Å². The zero-order chi connectivity index (χ0) is 11.7. The van der Waals surface area contributed by atoms with E-state index in [9.17, 15) is 9.18 Å². The number of carbonyl (C=O) groups is 1. The number of hydrazine groups is 1. The zero-order valence-corrected chi connectivity index (χ0v) is 9.40. The summed E-state index contributed by atoms with van der Waals surface area (Å²) in [5, 5.41) is 1.61. The first-order valence-electron chi connectivity index (χ1n) is 5.41. The predicted octanol–water partition coefficient (Wildman–Crippen LogP) is 2.01. The Morgan fingerprint density at radius 1 is 1.50 bits per heavy atom. The third-order valence-corrected chi connectivity index (χ3v) is 2.71. The molecule has 1 heterocycles. The molecule has 0 spiro atoms. The summed E-state index contributed by atoms with van der Waals surface area (Å²) < 4.78 is 13.0. The molecule has 0 saturated carbocycles. The number of carbonyl (C=O) groups excluding carboxylic acids is 1. The van der Waals surface area contributed by atoms with Gasteiger partial charge in [-0.2, -0.15) is 0 Å². The highest BCUT2D eigenvalue weighted by atomic mass is 19.1. The predicted molar refractivity (Wildman–Crippen MR) is 58.9 cm³/mol. The van der Waals surface area contributed by atoms with Crippen LogP contribution in [0.25, 0.3) is 0 Å². The van der Waals surface area contributed by atoms with Crippen molar-refractivity contribution in [1.29, 1.82) is 0 Å². The fraction of sp³-hybridized carbons (Fsp3) is 0.417. The molecular weight excluding hydrogens is 207 g/mol. The number of hydrogen-bond donors (Lipinski definition) is 1. The van der Waals surface area contributed by atoms with Crippen molar-refractivity contribution in [3.63, 3.8) is 0 Å². The van der Waals surface area contributed by atoms with Gasteiger partial charge in [0.15, 0.2) is 0 Å². The van der Waals surface area contributed by atoms with Crippen molar-refractivity contribution in [2.75, 3.05) is 0 Å². The molecule has 1 unspecified atom stereocenters. The van der Waals surface area contributed by atoms with Gasteiger partial charge in [-0.25, -0.2) is 9.82 Å². The van der Waals surface area contributed by atoms with E-state index in [1.807, 2.05) is 19.9 Å². The van der Waals surface area contributed by atoms with E-state index in [2.05, 4.69) is 5.43 Å². The maximum absolute atomic E-state index is 13.0. The Balaban J connectivity index is 2.17. The standard InChI is InChI=1S/C12H15FN2O/c1-8(2)15-12(16)7-11(14-15)9-4-3-5-10(13)6-9/h3-6,8,11,14H,7H2,1-2H3. The molecule has 0 aliphatic carbocycles. The summed E-state index contributed by atoms with van der Waals surface area (Å²) in [5.74, 6) is -0.209. The van der Waals surface area contributed by atoms with E-state index in [1.165, 1.54) is 12.1 Å². The lowest BCUT2D eigenvalue weighted by Gasteiger charge is -2.22. The van der Waals surface area contributed by atoms with Crippen LogP contribution in [-0.2, 0) is 4.79 Å². The normalized spacial score (nSPS) is 20.9. The highest BCUT2D eigenvalue weighted by Crippen LogP contribution is 2.25. The fourth-order valence-corrected chi connectivity index (χ4v) is 1.91. The number of hydrogen-bond acceptors (Lipinski definition) is 2. The van der Waals surface area contributed by atoms with Crippen LogP contribution in [0.1, 0.15) is 31.9 Å². The summed E-state index contributed by atoms with van der Waals surface area (Å²) >= 11 is 0. The minimum atomic E-state index is -0.269. The van der Waals surface area contributed by atoms with Crippen molar-refractivity contribution in [3.8, 4) is 0 Å². The first-order valence-corrected chi connectivity index (χ1v) is 5.41. The van der Waals surface area contributed by atoms with Gasteiger partial charge in [0.05, 0.1) is 6.04 Å². The molecule has 16 heavy (non-hydrogen) atoms. The Kier molecular flexibility index (Phi) is 2.92. The zero-order valence-electron chi connectivity index (χ0n) is 9.40. The maximum Gasteiger partial charge on any atom is 0.238 e. The molecule has 1 amide bonds. The molecule has 1 aliphatic heterocycles. The number of halogens is 1. The molecule has 1 aromatic rings. The van der Waals surface area contributed by atoms with Gasteiger partial charge in [0.1, 0.15) is 5.82 Å². The summed E-state index contributed by atoms with van der Waals surface area (Å²) in [5.41, 5.74) is 3.92. The van der Waals surface area contributed by atoms with E-state index in [4.69, 9.17) is 0 Å². The molecule has 1 saturated heterocycles. The molecule has 0 radical (unpaired) electrons. The van der Waals surface area contributed by atoms with Gasteiger partial charge in [-0.15, -0.1) is 0 Å². The number of nitrogens with zero attached hydrogens (tertiary/aromatic N) is 1. The Bertz CT molecular complexity index is 406. The van der Waals surface area contributed by atoms with Crippen molar-refractivity contribution < 1.29 is 9.18 Å². The monoisotopic (exact) mass is 222 g/mol. The molecule has 1 atom stereocenters. The first kappa shape index (κ1) is 11.1. The van der Waals surface area contributed by atoms with Gasteiger partial charge in [0.25, 0.3) is 0 Å². The smallest absolute Gasteiger partial charge is 0.238 e. The molecule has 4 heteroatoms. The number of amides is 1. The topological polar surface area (TPSA) is 32.3 Å². The molecule has 2 rings (SSSR count). The van der Waals surface area contributed by atoms with Crippen LogP contribution in [0.2, 0.25) is 0 Å². The van der Waals surface area contributed by atoms with E-state index in [1.54, 1.807) is 11.1 Å². The largest absolute Gasteiger partial charge is 0.275 e. The minimum absolute atomic E-state index is 0.0595. The van der Waals surface area contributed by atoms with E-state index < -0.39 is 0 Å². The SMILES string of the molecule is CC(C)N1NC(c2cccc(F)c2)CC1=O. The van der Waals surface area contributed by atoms with E-state index in [0.717, 1.165) is 5.56 Å². The Labute approximate surface area is 94.2 Å². The van der Waals surface area contributed by atoms with Gasteiger partial charge in [0.2, 0.25) is 5.91 Å². The molecule has 1 aliphatic rings. The van der Waals surface area contributed by atoms with Gasteiger partial charge in [0, 0.05) is 12.5 Å². The first-order chi connectivity index (χ1) is 7.58.